The number of rotatable bonds is 9. The fourth-order valence-corrected chi connectivity index (χ4v) is 4.63. The molecule has 0 saturated carbocycles. The first kappa shape index (κ1) is 21.8. The summed E-state index contributed by atoms with van der Waals surface area (Å²) >= 11 is 1.55. The second-order valence-electron chi connectivity index (χ2n) is 7.51. The Morgan fingerprint density at radius 2 is 1.91 bits per heavy atom. The summed E-state index contributed by atoms with van der Waals surface area (Å²) < 4.78 is 14.2. The van der Waals surface area contributed by atoms with Gasteiger partial charge in [-0.25, -0.2) is 9.97 Å². The molecule has 0 saturated heterocycles. The second kappa shape index (κ2) is 9.82. The van der Waals surface area contributed by atoms with Crippen LogP contribution in [0.15, 0.2) is 55.1 Å². The van der Waals surface area contributed by atoms with Gasteiger partial charge in [-0.05, 0) is 43.5 Å². The molecule has 0 fully saturated rings. The monoisotopic (exact) mass is 450 g/mol. The number of ether oxygens (including phenoxy) is 2. The number of fused-ring (bicyclic) bond motifs is 1. The maximum Gasteiger partial charge on any atom is 0.266 e. The molecular formula is C24H26N4O3S. The van der Waals surface area contributed by atoms with Crippen molar-refractivity contribution in [2.75, 3.05) is 25.2 Å². The lowest BCUT2D eigenvalue weighted by atomic mass is 10.1. The Morgan fingerprint density at radius 3 is 2.62 bits per heavy atom. The molecule has 0 atom stereocenters. The minimum absolute atomic E-state index is 0.0979. The predicted octanol–water partition coefficient (Wildman–Crippen LogP) is 4.62. The van der Waals surface area contributed by atoms with Crippen LogP contribution in [-0.4, -0.2) is 40.7 Å². The normalized spacial score (nSPS) is 11.0. The van der Waals surface area contributed by atoms with E-state index in [0.29, 0.717) is 23.2 Å². The smallest absolute Gasteiger partial charge is 0.266 e. The number of benzene rings is 2. The second-order valence-corrected chi connectivity index (χ2v) is 8.49. The molecule has 0 bridgehead atoms. The van der Waals surface area contributed by atoms with Crippen LogP contribution in [0.1, 0.15) is 17.5 Å². The number of aryl methyl sites for hydroxylation is 3. The van der Waals surface area contributed by atoms with Gasteiger partial charge in [-0.1, -0.05) is 35.6 Å². The molecule has 2 aromatic carbocycles. The lowest BCUT2D eigenvalue weighted by Gasteiger charge is -2.20. The van der Waals surface area contributed by atoms with E-state index in [2.05, 4.69) is 24.0 Å². The van der Waals surface area contributed by atoms with Gasteiger partial charge in [0.25, 0.3) is 5.91 Å². The molecule has 2 aromatic heterocycles. The predicted molar refractivity (Wildman–Crippen MR) is 127 cm³/mol. The molecule has 0 aliphatic carbocycles. The summed E-state index contributed by atoms with van der Waals surface area (Å²) in [5, 5.41) is 0.691. The molecule has 32 heavy (non-hydrogen) atoms. The lowest BCUT2D eigenvalue weighted by molar-refractivity contribution is -0.120. The Bertz CT molecular complexity index is 1160. The van der Waals surface area contributed by atoms with Crippen LogP contribution in [-0.2, 0) is 11.3 Å². The van der Waals surface area contributed by atoms with Crippen molar-refractivity contribution in [3.05, 3.63) is 66.2 Å². The number of anilines is 1. The highest BCUT2D eigenvalue weighted by atomic mass is 32.1. The van der Waals surface area contributed by atoms with Crippen molar-refractivity contribution in [2.24, 2.45) is 0 Å². The van der Waals surface area contributed by atoms with Gasteiger partial charge in [0.05, 0.1) is 23.7 Å². The Kier molecular flexibility index (Phi) is 6.70. The van der Waals surface area contributed by atoms with Gasteiger partial charge in [-0.2, -0.15) is 0 Å². The average Bonchev–Trinajstić information content (AvgIpc) is 3.48. The van der Waals surface area contributed by atoms with Crippen LogP contribution in [0.4, 0.5) is 5.13 Å². The van der Waals surface area contributed by atoms with E-state index in [4.69, 9.17) is 14.5 Å². The summed E-state index contributed by atoms with van der Waals surface area (Å²) in [6.07, 6.45) is 6.22. The summed E-state index contributed by atoms with van der Waals surface area (Å²) in [6, 6.07) is 11.5. The van der Waals surface area contributed by atoms with Crippen LogP contribution in [0.5, 0.6) is 11.5 Å². The minimum Gasteiger partial charge on any atom is -0.493 e. The van der Waals surface area contributed by atoms with E-state index in [9.17, 15) is 4.79 Å². The molecule has 4 rings (SSSR count). The quantitative estimate of drug-likeness (QED) is 0.372. The Morgan fingerprint density at radius 1 is 1.12 bits per heavy atom. The summed E-state index contributed by atoms with van der Waals surface area (Å²) in [4.78, 5) is 23.9. The number of methoxy groups -OCH3 is 1. The molecule has 166 valence electrons. The fraction of sp³-hybridized carbons (Fsp3) is 0.292. The summed E-state index contributed by atoms with van der Waals surface area (Å²) in [5.41, 5.74) is 3.21. The SMILES string of the molecule is COc1ccccc1OCC(=O)N(CCCn1ccnc1)c1nc2c(C)ccc(C)c2s1. The molecule has 0 aliphatic rings. The Hall–Kier alpha value is -3.39. The number of hydrogen-bond donors (Lipinski definition) is 0. The number of para-hydroxylation sites is 2. The number of hydrogen-bond acceptors (Lipinski definition) is 6. The van der Waals surface area contributed by atoms with E-state index in [1.54, 1.807) is 41.9 Å². The number of nitrogens with zero attached hydrogens (tertiary/aromatic N) is 4. The molecule has 4 aromatic rings. The molecule has 0 unspecified atom stereocenters. The van der Waals surface area contributed by atoms with Crippen molar-refractivity contribution in [3.63, 3.8) is 0 Å². The molecule has 0 N–H and O–H groups in total. The van der Waals surface area contributed by atoms with E-state index in [0.717, 1.165) is 34.3 Å². The fourth-order valence-electron chi connectivity index (χ4n) is 3.48. The molecule has 1 amide bonds. The van der Waals surface area contributed by atoms with Gasteiger partial charge < -0.3 is 14.0 Å². The Labute approximate surface area is 191 Å². The van der Waals surface area contributed by atoms with Crippen molar-refractivity contribution in [2.45, 2.75) is 26.8 Å². The first-order valence-electron chi connectivity index (χ1n) is 10.5. The van der Waals surface area contributed by atoms with Gasteiger partial charge in [-0.3, -0.25) is 9.69 Å². The van der Waals surface area contributed by atoms with Crippen molar-refractivity contribution in [3.8, 4) is 11.5 Å². The molecule has 0 aliphatic heterocycles. The Balaban J connectivity index is 1.56. The molecule has 7 nitrogen and oxygen atoms in total. The zero-order chi connectivity index (χ0) is 22.5. The summed E-state index contributed by atoms with van der Waals surface area (Å²) in [6.45, 7) is 5.31. The van der Waals surface area contributed by atoms with E-state index in [1.807, 2.05) is 35.9 Å². The van der Waals surface area contributed by atoms with Crippen LogP contribution < -0.4 is 14.4 Å². The van der Waals surface area contributed by atoms with Gasteiger partial charge >= 0.3 is 0 Å². The van der Waals surface area contributed by atoms with E-state index in [1.165, 1.54) is 0 Å². The number of imidazole rings is 1. The topological polar surface area (TPSA) is 69.5 Å². The highest BCUT2D eigenvalue weighted by Crippen LogP contribution is 2.33. The van der Waals surface area contributed by atoms with Gasteiger partial charge in [0.15, 0.2) is 23.2 Å². The molecule has 2 heterocycles. The lowest BCUT2D eigenvalue weighted by Crippen LogP contribution is -2.36. The molecule has 0 radical (unpaired) electrons. The maximum absolute atomic E-state index is 13.3. The first-order chi connectivity index (χ1) is 15.6. The zero-order valence-corrected chi connectivity index (χ0v) is 19.3. The molecular weight excluding hydrogens is 424 g/mol. The van der Waals surface area contributed by atoms with Crippen LogP contribution in [0.3, 0.4) is 0 Å². The standard InChI is InChI=1S/C24H26N4O3S/c1-17-9-10-18(2)23-22(17)26-24(32-23)28(13-6-12-27-14-11-25-16-27)21(29)15-31-20-8-5-4-7-19(20)30-3/h4-5,7-11,14,16H,6,12-13,15H2,1-3H3. The van der Waals surface area contributed by atoms with Crippen LogP contribution >= 0.6 is 11.3 Å². The highest BCUT2D eigenvalue weighted by Gasteiger charge is 2.22. The third kappa shape index (κ3) is 4.75. The van der Waals surface area contributed by atoms with Gasteiger partial charge in [0.1, 0.15) is 0 Å². The third-order valence-corrected chi connectivity index (χ3v) is 6.45. The first-order valence-corrected chi connectivity index (χ1v) is 11.3. The van der Waals surface area contributed by atoms with E-state index >= 15 is 0 Å². The number of carbonyl (C=O) groups is 1. The van der Waals surface area contributed by atoms with Gasteiger partial charge in [-0.15, -0.1) is 0 Å². The largest absolute Gasteiger partial charge is 0.493 e. The van der Waals surface area contributed by atoms with E-state index in [-0.39, 0.29) is 12.5 Å². The van der Waals surface area contributed by atoms with Crippen molar-refractivity contribution < 1.29 is 14.3 Å². The summed E-state index contributed by atoms with van der Waals surface area (Å²) in [7, 11) is 1.58. The molecule has 0 spiro atoms. The van der Waals surface area contributed by atoms with Crippen LogP contribution in [0.25, 0.3) is 10.2 Å². The van der Waals surface area contributed by atoms with Crippen LogP contribution in [0, 0.1) is 13.8 Å². The summed E-state index contributed by atoms with van der Waals surface area (Å²) in [5.74, 6) is 0.992. The molecule has 8 heteroatoms. The average molecular weight is 451 g/mol. The number of aromatic nitrogens is 3. The number of carbonyl (C=O) groups excluding carboxylic acids is 1. The minimum atomic E-state index is -0.143. The van der Waals surface area contributed by atoms with Crippen molar-refractivity contribution in [1.82, 2.24) is 14.5 Å². The maximum atomic E-state index is 13.3. The van der Waals surface area contributed by atoms with Crippen molar-refractivity contribution in [1.29, 1.82) is 0 Å². The highest BCUT2D eigenvalue weighted by molar-refractivity contribution is 7.22. The zero-order valence-electron chi connectivity index (χ0n) is 18.4. The van der Waals surface area contributed by atoms with E-state index < -0.39 is 0 Å². The van der Waals surface area contributed by atoms with Crippen molar-refractivity contribution >= 4 is 32.6 Å². The van der Waals surface area contributed by atoms with Gasteiger partial charge in [0.2, 0.25) is 0 Å². The number of thiazole rings is 1. The van der Waals surface area contributed by atoms with Crippen LogP contribution in [0.2, 0.25) is 0 Å². The van der Waals surface area contributed by atoms with Gasteiger partial charge in [0, 0.05) is 25.5 Å². The third-order valence-electron chi connectivity index (χ3n) is 5.24. The number of amides is 1.